The van der Waals surface area contributed by atoms with Crippen LogP contribution in [0.4, 0.5) is 11.4 Å². The maximum absolute atomic E-state index is 12.8. The van der Waals surface area contributed by atoms with Crippen LogP contribution in [0.3, 0.4) is 0 Å². The van der Waals surface area contributed by atoms with Gasteiger partial charge in [-0.2, -0.15) is 5.10 Å². The van der Waals surface area contributed by atoms with Crippen LogP contribution in [0.5, 0.6) is 5.75 Å². The fourth-order valence-electron chi connectivity index (χ4n) is 4.50. The quantitative estimate of drug-likeness (QED) is 0.508. The molecule has 0 fully saturated rings. The third-order valence-corrected chi connectivity index (χ3v) is 6.15. The van der Waals surface area contributed by atoms with Crippen molar-refractivity contribution in [1.82, 2.24) is 14.7 Å². The number of fused-ring (bicyclic) bond motifs is 1. The van der Waals surface area contributed by atoms with E-state index in [-0.39, 0.29) is 11.2 Å². The molecule has 8 nitrogen and oxygen atoms in total. The van der Waals surface area contributed by atoms with E-state index >= 15 is 0 Å². The molecule has 0 spiro atoms. The molecule has 1 aliphatic carbocycles. The Morgan fingerprint density at radius 3 is 2.69 bits per heavy atom. The molecular weight excluding hydrogens is 442 g/mol. The van der Waals surface area contributed by atoms with Crippen molar-refractivity contribution >= 4 is 23.1 Å². The molecule has 3 aromatic rings. The molecule has 184 valence electrons. The van der Waals surface area contributed by atoms with Crippen LogP contribution in [0.15, 0.2) is 42.5 Å². The van der Waals surface area contributed by atoms with Crippen molar-refractivity contribution in [2.24, 2.45) is 11.1 Å². The minimum Gasteiger partial charge on any atom is -0.492 e. The molecule has 8 heteroatoms. The highest BCUT2D eigenvalue weighted by molar-refractivity contribution is 6.01. The molecule has 4 rings (SSSR count). The number of carbonyl (C=O) groups excluding carboxylic acids is 2. The maximum Gasteiger partial charge on any atom is 0.250 e. The Kier molecular flexibility index (Phi) is 6.67. The number of nitrogens with zero attached hydrogens (tertiary/aromatic N) is 3. The summed E-state index contributed by atoms with van der Waals surface area (Å²) >= 11 is 0. The number of nitrogens with two attached hydrogens (primary N) is 1. The molecule has 1 aliphatic rings. The Labute approximate surface area is 206 Å². The predicted molar refractivity (Wildman–Crippen MR) is 137 cm³/mol. The van der Waals surface area contributed by atoms with Crippen molar-refractivity contribution in [1.29, 1.82) is 0 Å². The first-order valence-electron chi connectivity index (χ1n) is 11.7. The SMILES string of the molecule is Cc1nn(-c2ccc(C(N)=O)c(Nc3cccc(OCCN(C)C)c3)c2)c2c1C(=O)CC(C)(C)C2. The number of ketones is 1. The smallest absolute Gasteiger partial charge is 0.250 e. The highest BCUT2D eigenvalue weighted by Crippen LogP contribution is 2.37. The number of Topliss-reactive ketones (excluding diaryl/α,β-unsaturated/α-hetero) is 1. The molecule has 1 amide bonds. The van der Waals surface area contributed by atoms with Crippen molar-refractivity contribution in [3.8, 4) is 11.4 Å². The summed E-state index contributed by atoms with van der Waals surface area (Å²) < 4.78 is 7.66. The average Bonchev–Trinajstić information content (AvgIpc) is 3.08. The molecule has 0 bridgehead atoms. The summed E-state index contributed by atoms with van der Waals surface area (Å²) in [4.78, 5) is 27.1. The lowest BCUT2D eigenvalue weighted by atomic mass is 9.75. The van der Waals surface area contributed by atoms with Gasteiger partial charge in [-0.1, -0.05) is 19.9 Å². The summed E-state index contributed by atoms with van der Waals surface area (Å²) in [6.07, 6.45) is 1.24. The van der Waals surface area contributed by atoms with E-state index in [0.717, 1.165) is 41.5 Å². The van der Waals surface area contributed by atoms with Crippen molar-refractivity contribution < 1.29 is 14.3 Å². The highest BCUT2D eigenvalue weighted by atomic mass is 16.5. The first kappa shape index (κ1) is 24.5. The number of amides is 1. The van der Waals surface area contributed by atoms with Crippen molar-refractivity contribution in [3.05, 3.63) is 65.0 Å². The second-order valence-electron chi connectivity index (χ2n) is 10.2. The topological polar surface area (TPSA) is 102 Å². The summed E-state index contributed by atoms with van der Waals surface area (Å²) in [6.45, 7) is 7.43. The summed E-state index contributed by atoms with van der Waals surface area (Å²) in [5.74, 6) is 0.316. The fraction of sp³-hybridized carbons (Fsp3) is 0.370. The zero-order chi connectivity index (χ0) is 25.3. The van der Waals surface area contributed by atoms with Crippen LogP contribution in [0.2, 0.25) is 0 Å². The van der Waals surface area contributed by atoms with E-state index in [4.69, 9.17) is 15.6 Å². The molecule has 0 unspecified atom stereocenters. The first-order chi connectivity index (χ1) is 16.5. The number of rotatable bonds is 8. The van der Waals surface area contributed by atoms with Gasteiger partial charge >= 0.3 is 0 Å². The van der Waals surface area contributed by atoms with Crippen LogP contribution >= 0.6 is 0 Å². The van der Waals surface area contributed by atoms with E-state index in [1.54, 1.807) is 6.07 Å². The molecule has 1 heterocycles. The number of aromatic nitrogens is 2. The molecule has 0 aliphatic heterocycles. The van der Waals surface area contributed by atoms with Gasteiger partial charge in [-0.05, 0) is 63.2 Å². The maximum atomic E-state index is 12.8. The van der Waals surface area contributed by atoms with Crippen LogP contribution in [0.1, 0.15) is 52.4 Å². The van der Waals surface area contributed by atoms with Gasteiger partial charge in [0.15, 0.2) is 5.78 Å². The van der Waals surface area contributed by atoms with Gasteiger partial charge in [-0.25, -0.2) is 4.68 Å². The third-order valence-electron chi connectivity index (χ3n) is 6.15. The minimum atomic E-state index is -0.535. The van der Waals surface area contributed by atoms with Gasteiger partial charge in [-0.3, -0.25) is 9.59 Å². The van der Waals surface area contributed by atoms with E-state index in [0.29, 0.717) is 29.8 Å². The van der Waals surface area contributed by atoms with E-state index in [2.05, 4.69) is 24.1 Å². The number of carbonyl (C=O) groups is 2. The van der Waals surface area contributed by atoms with Gasteiger partial charge in [0.25, 0.3) is 5.91 Å². The zero-order valence-corrected chi connectivity index (χ0v) is 21.0. The summed E-state index contributed by atoms with van der Waals surface area (Å²) in [5, 5.41) is 8.01. The molecule has 0 atom stereocenters. The Morgan fingerprint density at radius 1 is 1.20 bits per heavy atom. The predicted octanol–water partition coefficient (Wildman–Crippen LogP) is 4.12. The molecule has 35 heavy (non-hydrogen) atoms. The number of anilines is 2. The minimum absolute atomic E-state index is 0.123. The molecule has 0 saturated heterocycles. The highest BCUT2D eigenvalue weighted by Gasteiger charge is 2.35. The number of nitrogens with one attached hydrogen (secondary N) is 1. The number of hydrogen-bond acceptors (Lipinski definition) is 6. The molecule has 0 radical (unpaired) electrons. The third kappa shape index (κ3) is 5.38. The van der Waals surface area contributed by atoms with Crippen LogP contribution in [-0.4, -0.2) is 53.6 Å². The molecule has 0 saturated carbocycles. The van der Waals surface area contributed by atoms with Crippen LogP contribution < -0.4 is 15.8 Å². The Balaban J connectivity index is 1.69. The monoisotopic (exact) mass is 475 g/mol. The standard InChI is InChI=1S/C27H33N5O3/c1-17-25-23(15-27(2,3)16-24(25)33)32(30-17)19-9-10-21(26(28)34)22(14-19)29-18-7-6-8-20(13-18)35-12-11-31(4)5/h6-10,13-14,29H,11-12,15-16H2,1-5H3,(H2,28,34). The van der Waals surface area contributed by atoms with Gasteiger partial charge < -0.3 is 20.7 Å². The second-order valence-corrected chi connectivity index (χ2v) is 10.2. The van der Waals surface area contributed by atoms with Crippen LogP contribution in [0, 0.1) is 12.3 Å². The number of hydrogen-bond donors (Lipinski definition) is 2. The van der Waals surface area contributed by atoms with Crippen molar-refractivity contribution in [2.45, 2.75) is 33.6 Å². The number of ether oxygens (including phenoxy) is 1. The van der Waals surface area contributed by atoms with E-state index in [1.165, 1.54) is 0 Å². The number of likely N-dealkylation sites (N-methyl/N-ethyl adjacent to an activating group) is 1. The average molecular weight is 476 g/mol. The second kappa shape index (κ2) is 9.54. The summed E-state index contributed by atoms with van der Waals surface area (Å²) in [7, 11) is 3.99. The van der Waals surface area contributed by atoms with Gasteiger partial charge in [0.1, 0.15) is 12.4 Å². The lowest BCUT2D eigenvalue weighted by Gasteiger charge is -2.29. The van der Waals surface area contributed by atoms with Crippen molar-refractivity contribution in [2.75, 3.05) is 32.6 Å². The Bertz CT molecular complexity index is 1280. The van der Waals surface area contributed by atoms with Gasteiger partial charge in [0, 0.05) is 24.7 Å². The Hall–Kier alpha value is -3.65. The van der Waals surface area contributed by atoms with Gasteiger partial charge in [0.05, 0.1) is 33.9 Å². The molecule has 3 N–H and O–H groups in total. The van der Waals surface area contributed by atoms with Gasteiger partial charge in [0.2, 0.25) is 0 Å². The summed E-state index contributed by atoms with van der Waals surface area (Å²) in [6, 6.07) is 12.9. The molecular formula is C27H33N5O3. The summed E-state index contributed by atoms with van der Waals surface area (Å²) in [5.41, 5.74) is 10.3. The van der Waals surface area contributed by atoms with E-state index in [1.807, 2.05) is 62.1 Å². The van der Waals surface area contributed by atoms with Crippen LogP contribution in [0.25, 0.3) is 5.69 Å². The Morgan fingerprint density at radius 2 is 1.97 bits per heavy atom. The van der Waals surface area contributed by atoms with Gasteiger partial charge in [-0.15, -0.1) is 0 Å². The zero-order valence-electron chi connectivity index (χ0n) is 21.0. The normalized spacial score (nSPS) is 14.6. The molecule has 1 aromatic heterocycles. The number of benzene rings is 2. The number of aryl methyl sites for hydroxylation is 1. The number of primary amides is 1. The lowest BCUT2D eigenvalue weighted by molar-refractivity contribution is 0.0909. The fourth-order valence-corrected chi connectivity index (χ4v) is 4.50. The van der Waals surface area contributed by atoms with Crippen molar-refractivity contribution in [3.63, 3.8) is 0 Å². The lowest BCUT2D eigenvalue weighted by Crippen LogP contribution is -2.28. The molecule has 2 aromatic carbocycles. The van der Waals surface area contributed by atoms with E-state index < -0.39 is 5.91 Å². The first-order valence-corrected chi connectivity index (χ1v) is 11.7. The van der Waals surface area contributed by atoms with E-state index in [9.17, 15) is 9.59 Å². The largest absolute Gasteiger partial charge is 0.492 e. The van der Waals surface area contributed by atoms with Crippen LogP contribution in [-0.2, 0) is 6.42 Å².